The largest absolute Gasteiger partial charge is 0.467 e. The Hall–Kier alpha value is -2.90. The van der Waals surface area contributed by atoms with Gasteiger partial charge in [0.05, 0.1) is 29.5 Å². The number of furan rings is 1. The van der Waals surface area contributed by atoms with Crippen molar-refractivity contribution in [1.82, 2.24) is 9.55 Å². The average molecular weight is 429 g/mol. The topological polar surface area (TPSA) is 65.1 Å². The molecule has 4 aromatic rings. The van der Waals surface area contributed by atoms with Gasteiger partial charge in [-0.1, -0.05) is 23.4 Å². The summed E-state index contributed by atoms with van der Waals surface area (Å²) in [4.78, 5) is 30.0. The molecule has 0 fully saturated rings. The van der Waals surface area contributed by atoms with Crippen LogP contribution >= 0.6 is 23.4 Å². The molecule has 0 saturated carbocycles. The highest BCUT2D eigenvalue weighted by molar-refractivity contribution is 7.99. The molecule has 2 aromatic carbocycles. The number of hydrogen-bond acceptors (Lipinski definition) is 5. The normalized spacial score (nSPS) is 11.1. The Labute approximate surface area is 174 Å². The summed E-state index contributed by atoms with van der Waals surface area (Å²) in [5.41, 5.74) is 0.595. The van der Waals surface area contributed by atoms with Gasteiger partial charge in [-0.2, -0.15) is 0 Å². The Morgan fingerprint density at radius 1 is 1.17 bits per heavy atom. The van der Waals surface area contributed by atoms with Gasteiger partial charge in [0.2, 0.25) is 0 Å². The molecule has 29 heavy (non-hydrogen) atoms. The number of carbonyl (C=O) groups excluding carboxylic acids is 1. The molecule has 0 amide bonds. The van der Waals surface area contributed by atoms with Crippen molar-refractivity contribution >= 4 is 40.0 Å². The highest BCUT2D eigenvalue weighted by Crippen LogP contribution is 2.22. The van der Waals surface area contributed by atoms with Crippen LogP contribution in [0.4, 0.5) is 4.39 Å². The monoisotopic (exact) mass is 428 g/mol. The van der Waals surface area contributed by atoms with Crippen molar-refractivity contribution in [3.63, 3.8) is 0 Å². The zero-order chi connectivity index (χ0) is 20.4. The number of halogens is 2. The van der Waals surface area contributed by atoms with Crippen LogP contribution in [0.3, 0.4) is 0 Å². The lowest BCUT2D eigenvalue weighted by molar-refractivity contribution is 0.102. The lowest BCUT2D eigenvalue weighted by atomic mass is 10.1. The Morgan fingerprint density at radius 2 is 1.97 bits per heavy atom. The molecule has 4 rings (SSSR count). The van der Waals surface area contributed by atoms with Crippen molar-refractivity contribution in [3.05, 3.63) is 93.4 Å². The van der Waals surface area contributed by atoms with Gasteiger partial charge in [-0.3, -0.25) is 14.2 Å². The number of carbonyl (C=O) groups is 1. The van der Waals surface area contributed by atoms with Crippen LogP contribution in [0.25, 0.3) is 10.9 Å². The highest BCUT2D eigenvalue weighted by Gasteiger charge is 2.16. The van der Waals surface area contributed by atoms with Gasteiger partial charge in [-0.25, -0.2) is 9.37 Å². The average Bonchev–Trinajstić information content (AvgIpc) is 3.22. The molecular weight excluding hydrogens is 415 g/mol. The van der Waals surface area contributed by atoms with Crippen molar-refractivity contribution in [2.45, 2.75) is 11.7 Å². The van der Waals surface area contributed by atoms with Crippen molar-refractivity contribution in [2.24, 2.45) is 0 Å². The van der Waals surface area contributed by atoms with Crippen LogP contribution in [-0.4, -0.2) is 21.1 Å². The fourth-order valence-corrected chi connectivity index (χ4v) is 3.89. The van der Waals surface area contributed by atoms with Crippen LogP contribution in [0.2, 0.25) is 5.02 Å². The first-order valence-electron chi connectivity index (χ1n) is 8.65. The molecule has 0 aliphatic heterocycles. The third kappa shape index (κ3) is 4.26. The molecular formula is C21H14ClFN2O3S. The molecule has 0 unspecified atom stereocenters. The fourth-order valence-electron chi connectivity index (χ4n) is 2.83. The van der Waals surface area contributed by atoms with Crippen LogP contribution in [0.15, 0.2) is 75.2 Å². The van der Waals surface area contributed by atoms with Crippen molar-refractivity contribution < 1.29 is 13.6 Å². The lowest BCUT2D eigenvalue weighted by Gasteiger charge is -2.12. The van der Waals surface area contributed by atoms with E-state index in [2.05, 4.69) is 4.98 Å². The number of rotatable bonds is 6. The van der Waals surface area contributed by atoms with Gasteiger partial charge in [-0.15, -0.1) is 0 Å². The second-order valence-corrected chi connectivity index (χ2v) is 7.62. The van der Waals surface area contributed by atoms with Crippen LogP contribution in [0.1, 0.15) is 16.1 Å². The van der Waals surface area contributed by atoms with Gasteiger partial charge < -0.3 is 4.42 Å². The van der Waals surface area contributed by atoms with Crippen molar-refractivity contribution in [3.8, 4) is 0 Å². The SMILES string of the molecule is O=C(CSc1nc2cc(Cl)ccc2c(=O)n1Cc1ccco1)c1ccc(F)cc1. The summed E-state index contributed by atoms with van der Waals surface area (Å²) in [7, 11) is 0. The van der Waals surface area contributed by atoms with Gasteiger partial charge in [0.15, 0.2) is 10.9 Å². The molecule has 0 radical (unpaired) electrons. The minimum absolute atomic E-state index is 0.0439. The minimum Gasteiger partial charge on any atom is -0.467 e. The number of fused-ring (bicyclic) bond motifs is 1. The number of benzene rings is 2. The molecule has 5 nitrogen and oxygen atoms in total. The van der Waals surface area contributed by atoms with Gasteiger partial charge in [0.25, 0.3) is 5.56 Å². The van der Waals surface area contributed by atoms with E-state index < -0.39 is 5.82 Å². The summed E-state index contributed by atoms with van der Waals surface area (Å²) >= 11 is 7.18. The second kappa shape index (κ2) is 8.23. The maximum atomic E-state index is 13.1. The first-order valence-corrected chi connectivity index (χ1v) is 10.0. The first-order chi connectivity index (χ1) is 14.0. The maximum absolute atomic E-state index is 13.1. The van der Waals surface area contributed by atoms with E-state index in [1.165, 1.54) is 35.1 Å². The van der Waals surface area contributed by atoms with Gasteiger partial charge in [0, 0.05) is 10.6 Å². The summed E-state index contributed by atoms with van der Waals surface area (Å²) in [5.74, 6) is 0.0333. The number of hydrogen-bond donors (Lipinski definition) is 0. The van der Waals surface area contributed by atoms with E-state index >= 15 is 0 Å². The zero-order valence-electron chi connectivity index (χ0n) is 15.0. The number of Topliss-reactive ketones (excluding diaryl/α,β-unsaturated/α-hetero) is 1. The van der Waals surface area contributed by atoms with Crippen molar-refractivity contribution in [1.29, 1.82) is 0 Å². The Bertz CT molecular complexity index is 1240. The molecule has 0 aliphatic carbocycles. The van der Waals surface area contributed by atoms with Gasteiger partial charge in [0.1, 0.15) is 11.6 Å². The molecule has 146 valence electrons. The molecule has 2 aromatic heterocycles. The van der Waals surface area contributed by atoms with E-state index in [-0.39, 0.29) is 23.6 Å². The lowest BCUT2D eigenvalue weighted by Crippen LogP contribution is -2.24. The number of thioether (sulfide) groups is 1. The molecule has 0 bridgehead atoms. The molecule has 0 N–H and O–H groups in total. The van der Waals surface area contributed by atoms with E-state index in [4.69, 9.17) is 16.0 Å². The second-order valence-electron chi connectivity index (χ2n) is 6.25. The van der Waals surface area contributed by atoms with E-state index in [0.29, 0.717) is 32.4 Å². The molecule has 8 heteroatoms. The standard InChI is InChI=1S/C21H14ClFN2O3S/c22-14-5-8-17-18(10-14)24-21(25(20(17)27)11-16-2-1-9-28-16)29-12-19(26)13-3-6-15(23)7-4-13/h1-10H,11-12H2. The summed E-state index contributed by atoms with van der Waals surface area (Å²) in [5, 5.41) is 1.26. The fraction of sp³-hybridized carbons (Fsp3) is 0.0952. The number of nitrogens with zero attached hydrogens (tertiary/aromatic N) is 2. The predicted molar refractivity (Wildman–Crippen MR) is 110 cm³/mol. The smallest absolute Gasteiger partial charge is 0.262 e. The van der Waals surface area contributed by atoms with E-state index in [0.717, 1.165) is 11.8 Å². The Balaban J connectivity index is 1.69. The molecule has 0 saturated heterocycles. The van der Waals surface area contributed by atoms with E-state index in [1.54, 1.807) is 30.3 Å². The summed E-state index contributed by atoms with van der Waals surface area (Å²) in [6, 6.07) is 13.7. The number of ketones is 1. The maximum Gasteiger partial charge on any atom is 0.262 e. The first kappa shape index (κ1) is 19.4. The third-order valence-electron chi connectivity index (χ3n) is 4.27. The quantitative estimate of drug-likeness (QED) is 0.250. The molecule has 0 atom stereocenters. The summed E-state index contributed by atoms with van der Waals surface area (Å²) < 4.78 is 19.9. The van der Waals surface area contributed by atoms with Crippen LogP contribution in [0.5, 0.6) is 0 Å². The molecule has 2 heterocycles. The summed E-state index contributed by atoms with van der Waals surface area (Å²) in [6.07, 6.45) is 1.53. The minimum atomic E-state index is -0.408. The predicted octanol–water partition coefficient (Wildman–Crippen LogP) is 4.81. The Kier molecular flexibility index (Phi) is 5.51. The van der Waals surface area contributed by atoms with Gasteiger partial charge in [-0.05, 0) is 54.6 Å². The van der Waals surface area contributed by atoms with Gasteiger partial charge >= 0.3 is 0 Å². The zero-order valence-corrected chi connectivity index (χ0v) is 16.5. The highest BCUT2D eigenvalue weighted by atomic mass is 35.5. The summed E-state index contributed by atoms with van der Waals surface area (Å²) in [6.45, 7) is 0.185. The number of aromatic nitrogens is 2. The molecule has 0 aliphatic rings. The van der Waals surface area contributed by atoms with E-state index in [1.807, 2.05) is 0 Å². The van der Waals surface area contributed by atoms with Crippen LogP contribution < -0.4 is 5.56 Å². The third-order valence-corrected chi connectivity index (χ3v) is 5.49. The van der Waals surface area contributed by atoms with Crippen molar-refractivity contribution in [2.75, 3.05) is 5.75 Å². The van der Waals surface area contributed by atoms with Crippen LogP contribution in [-0.2, 0) is 6.54 Å². The molecule has 0 spiro atoms. The van der Waals surface area contributed by atoms with Crippen LogP contribution in [0, 0.1) is 5.82 Å². The van der Waals surface area contributed by atoms with E-state index in [9.17, 15) is 14.0 Å². The Morgan fingerprint density at radius 3 is 2.69 bits per heavy atom.